The molecule has 150 valence electrons. The Labute approximate surface area is 173 Å². The van der Waals surface area contributed by atoms with Gasteiger partial charge in [-0.2, -0.15) is 0 Å². The molecule has 0 radical (unpaired) electrons. The number of anilines is 1. The summed E-state index contributed by atoms with van der Waals surface area (Å²) < 4.78 is 7.62. The van der Waals surface area contributed by atoms with E-state index >= 15 is 0 Å². The number of ether oxygens (including phenoxy) is 1. The van der Waals surface area contributed by atoms with Crippen molar-refractivity contribution in [3.8, 4) is 23.1 Å². The molecular weight excluding hydrogens is 380 g/mol. The maximum atomic E-state index is 12.7. The lowest BCUT2D eigenvalue weighted by molar-refractivity contribution is 0.102. The highest BCUT2D eigenvalue weighted by Gasteiger charge is 2.13. The van der Waals surface area contributed by atoms with Gasteiger partial charge in [0.2, 0.25) is 5.88 Å². The zero-order chi connectivity index (χ0) is 20.9. The first-order valence-corrected chi connectivity index (χ1v) is 9.47. The second-order valence-corrected chi connectivity index (χ2v) is 6.82. The average Bonchev–Trinajstić information content (AvgIpc) is 3.25. The first-order chi connectivity index (χ1) is 14.6. The summed E-state index contributed by atoms with van der Waals surface area (Å²) in [5.74, 6) is 1.75. The van der Waals surface area contributed by atoms with Gasteiger partial charge in [-0.15, -0.1) is 10.2 Å². The molecule has 0 saturated carbocycles. The summed E-state index contributed by atoms with van der Waals surface area (Å²) in [4.78, 5) is 21.4. The van der Waals surface area contributed by atoms with E-state index in [9.17, 15) is 4.79 Å². The van der Waals surface area contributed by atoms with Gasteiger partial charge in [0.25, 0.3) is 5.91 Å². The standard InChI is InChI=1S/C22H20N6O2/c1-15(2)28-14-24-27-21(28)18-9-6-10-19(25-18)26-22(29)16-7-5-8-17(13-16)30-20-11-3-4-12-23-20/h3-15H,1-2H3,(H,25,26,29). The largest absolute Gasteiger partial charge is 0.439 e. The van der Waals surface area contributed by atoms with Crippen molar-refractivity contribution in [2.75, 3.05) is 5.32 Å². The van der Waals surface area contributed by atoms with Crippen molar-refractivity contribution in [3.05, 3.63) is 78.8 Å². The van der Waals surface area contributed by atoms with Crippen LogP contribution in [0.15, 0.2) is 73.2 Å². The molecule has 0 aliphatic carbocycles. The van der Waals surface area contributed by atoms with Crippen LogP contribution in [0.3, 0.4) is 0 Å². The van der Waals surface area contributed by atoms with Gasteiger partial charge in [0.05, 0.1) is 0 Å². The number of amides is 1. The Kier molecular flexibility index (Phi) is 5.47. The molecule has 30 heavy (non-hydrogen) atoms. The lowest BCUT2D eigenvalue weighted by atomic mass is 10.2. The van der Waals surface area contributed by atoms with Crippen LogP contribution in [0, 0.1) is 0 Å². The second kappa shape index (κ2) is 8.52. The van der Waals surface area contributed by atoms with Gasteiger partial charge >= 0.3 is 0 Å². The fourth-order valence-corrected chi connectivity index (χ4v) is 2.85. The molecule has 0 aliphatic rings. The third-order valence-electron chi connectivity index (χ3n) is 4.31. The zero-order valence-corrected chi connectivity index (χ0v) is 16.6. The van der Waals surface area contributed by atoms with Gasteiger partial charge < -0.3 is 14.6 Å². The average molecular weight is 400 g/mol. The van der Waals surface area contributed by atoms with Crippen molar-refractivity contribution in [1.82, 2.24) is 24.7 Å². The van der Waals surface area contributed by atoms with Crippen LogP contribution in [0.5, 0.6) is 11.6 Å². The quantitative estimate of drug-likeness (QED) is 0.517. The predicted octanol–water partition coefficient (Wildman–Crippen LogP) is 4.36. The first kappa shape index (κ1) is 19.3. The van der Waals surface area contributed by atoms with Gasteiger partial charge in [0.1, 0.15) is 23.6 Å². The molecule has 8 heteroatoms. The molecule has 1 N–H and O–H groups in total. The van der Waals surface area contributed by atoms with Crippen molar-refractivity contribution in [1.29, 1.82) is 0 Å². The Hall–Kier alpha value is -4.07. The van der Waals surface area contributed by atoms with Crippen molar-refractivity contribution in [3.63, 3.8) is 0 Å². The summed E-state index contributed by atoms with van der Waals surface area (Å²) in [6.45, 7) is 4.08. The highest BCUT2D eigenvalue weighted by molar-refractivity contribution is 6.04. The number of rotatable bonds is 6. The molecule has 4 rings (SSSR count). The van der Waals surface area contributed by atoms with Crippen LogP contribution in [0.1, 0.15) is 30.2 Å². The van der Waals surface area contributed by atoms with Crippen LogP contribution in [0.4, 0.5) is 5.82 Å². The third-order valence-corrected chi connectivity index (χ3v) is 4.31. The van der Waals surface area contributed by atoms with Crippen molar-refractivity contribution < 1.29 is 9.53 Å². The molecule has 1 aromatic carbocycles. The SMILES string of the molecule is CC(C)n1cnnc1-c1cccc(NC(=O)c2cccc(Oc3ccccn3)c2)n1. The molecule has 0 atom stereocenters. The van der Waals surface area contributed by atoms with Crippen LogP contribution in [-0.4, -0.2) is 30.6 Å². The number of nitrogens with one attached hydrogen (secondary N) is 1. The smallest absolute Gasteiger partial charge is 0.256 e. The molecule has 3 aromatic heterocycles. The molecule has 0 aliphatic heterocycles. The fraction of sp³-hybridized carbons (Fsp3) is 0.136. The molecule has 0 unspecified atom stereocenters. The Bertz CT molecular complexity index is 1160. The Balaban J connectivity index is 1.52. The second-order valence-electron chi connectivity index (χ2n) is 6.82. The predicted molar refractivity (Wildman–Crippen MR) is 112 cm³/mol. The minimum absolute atomic E-state index is 0.192. The first-order valence-electron chi connectivity index (χ1n) is 9.47. The summed E-state index contributed by atoms with van der Waals surface area (Å²) in [6, 6.07) is 17.8. The monoisotopic (exact) mass is 400 g/mol. The van der Waals surface area contributed by atoms with E-state index in [-0.39, 0.29) is 11.9 Å². The Morgan fingerprint density at radius 3 is 2.73 bits per heavy atom. The summed E-state index contributed by atoms with van der Waals surface area (Å²) in [7, 11) is 0. The fourth-order valence-electron chi connectivity index (χ4n) is 2.85. The lowest BCUT2D eigenvalue weighted by Crippen LogP contribution is -2.13. The van der Waals surface area contributed by atoms with Crippen LogP contribution in [-0.2, 0) is 0 Å². The van der Waals surface area contributed by atoms with E-state index in [0.29, 0.717) is 34.5 Å². The van der Waals surface area contributed by atoms with Crippen molar-refractivity contribution in [2.45, 2.75) is 19.9 Å². The van der Waals surface area contributed by atoms with Crippen LogP contribution < -0.4 is 10.1 Å². The highest BCUT2D eigenvalue weighted by Crippen LogP contribution is 2.22. The molecule has 0 spiro atoms. The number of benzene rings is 1. The van der Waals surface area contributed by atoms with E-state index < -0.39 is 0 Å². The van der Waals surface area contributed by atoms with Gasteiger partial charge in [0.15, 0.2) is 5.82 Å². The Morgan fingerprint density at radius 2 is 1.93 bits per heavy atom. The van der Waals surface area contributed by atoms with Gasteiger partial charge in [-0.3, -0.25) is 4.79 Å². The number of aromatic nitrogens is 5. The molecule has 1 amide bonds. The van der Waals surface area contributed by atoms with Crippen LogP contribution in [0.2, 0.25) is 0 Å². The zero-order valence-electron chi connectivity index (χ0n) is 16.6. The number of hydrogen-bond donors (Lipinski definition) is 1. The Morgan fingerprint density at radius 1 is 1.07 bits per heavy atom. The van der Waals surface area contributed by atoms with Gasteiger partial charge in [-0.25, -0.2) is 9.97 Å². The molecule has 3 heterocycles. The lowest BCUT2D eigenvalue weighted by Gasteiger charge is -2.11. The van der Waals surface area contributed by atoms with Gasteiger partial charge in [0, 0.05) is 23.9 Å². The summed E-state index contributed by atoms with van der Waals surface area (Å²) in [5, 5.41) is 10.9. The minimum Gasteiger partial charge on any atom is -0.439 e. The van der Waals surface area contributed by atoms with Gasteiger partial charge in [-0.1, -0.05) is 18.2 Å². The molecule has 0 saturated heterocycles. The normalized spacial score (nSPS) is 10.8. The van der Waals surface area contributed by atoms with E-state index in [1.807, 2.05) is 42.7 Å². The minimum atomic E-state index is -0.295. The number of carbonyl (C=O) groups is 1. The molecule has 4 aromatic rings. The topological polar surface area (TPSA) is 94.8 Å². The van der Waals surface area contributed by atoms with Gasteiger partial charge in [-0.05, 0) is 50.2 Å². The van der Waals surface area contributed by atoms with Crippen LogP contribution in [0.25, 0.3) is 11.5 Å². The molecular formula is C22H20N6O2. The number of pyridine rings is 2. The summed E-state index contributed by atoms with van der Waals surface area (Å²) in [6.07, 6.45) is 3.31. The van der Waals surface area contributed by atoms with E-state index in [2.05, 4.69) is 25.5 Å². The van der Waals surface area contributed by atoms with E-state index in [0.717, 1.165) is 0 Å². The number of nitrogens with zero attached hydrogens (tertiary/aromatic N) is 5. The maximum Gasteiger partial charge on any atom is 0.256 e. The third kappa shape index (κ3) is 4.33. The van der Waals surface area contributed by atoms with E-state index in [1.165, 1.54) is 0 Å². The maximum absolute atomic E-state index is 12.7. The molecule has 0 bridgehead atoms. The number of hydrogen-bond acceptors (Lipinski definition) is 6. The highest BCUT2D eigenvalue weighted by atomic mass is 16.5. The van der Waals surface area contributed by atoms with E-state index in [4.69, 9.17) is 4.74 Å². The summed E-state index contributed by atoms with van der Waals surface area (Å²) in [5.41, 5.74) is 1.08. The van der Waals surface area contributed by atoms with Crippen LogP contribution >= 0.6 is 0 Å². The molecule has 8 nitrogen and oxygen atoms in total. The van der Waals surface area contributed by atoms with Crippen molar-refractivity contribution >= 4 is 11.7 Å². The van der Waals surface area contributed by atoms with E-state index in [1.54, 1.807) is 48.9 Å². The molecule has 0 fully saturated rings. The van der Waals surface area contributed by atoms with Crippen molar-refractivity contribution in [2.24, 2.45) is 0 Å². The number of carbonyl (C=O) groups excluding carboxylic acids is 1. The summed E-state index contributed by atoms with van der Waals surface area (Å²) >= 11 is 0.